The Kier molecular flexibility index (Phi) is 7.64. The lowest BCUT2D eigenvalue weighted by atomic mass is 9.92. The fourth-order valence-corrected chi connectivity index (χ4v) is 1.96. The second kappa shape index (κ2) is 7.96. The Hall–Kier alpha value is -0.850. The Morgan fingerprint density at radius 2 is 1.76 bits per heavy atom. The van der Waals surface area contributed by atoms with Gasteiger partial charge < -0.3 is 10.8 Å². The molecule has 0 heterocycles. The molecule has 1 aromatic carbocycles. The molecule has 0 aliphatic rings. The van der Waals surface area contributed by atoms with Gasteiger partial charge in [-0.3, -0.25) is 0 Å². The van der Waals surface area contributed by atoms with E-state index in [4.69, 9.17) is 5.73 Å². The maximum Gasteiger partial charge on any atom is 0.416 e. The lowest BCUT2D eigenvalue weighted by Gasteiger charge is -2.23. The maximum absolute atomic E-state index is 13.0. The van der Waals surface area contributed by atoms with Gasteiger partial charge in [0.2, 0.25) is 0 Å². The first-order chi connectivity index (χ1) is 9.12. The minimum atomic E-state index is -4.70. The Balaban J connectivity index is 0.00000400. The third-order valence-corrected chi connectivity index (χ3v) is 3.13. The summed E-state index contributed by atoms with van der Waals surface area (Å²) in [5.74, 6) is -0.669. The number of alkyl halides is 3. The molecule has 0 unspecified atom stereocenters. The van der Waals surface area contributed by atoms with Crippen LogP contribution < -0.4 is 5.73 Å². The molecule has 2 nitrogen and oxygen atoms in total. The van der Waals surface area contributed by atoms with Gasteiger partial charge in [0.05, 0.1) is 17.7 Å². The Labute approximate surface area is 127 Å². The van der Waals surface area contributed by atoms with E-state index in [-0.39, 0.29) is 18.0 Å². The van der Waals surface area contributed by atoms with Gasteiger partial charge >= 0.3 is 6.18 Å². The van der Waals surface area contributed by atoms with E-state index >= 15 is 0 Å². The Bertz CT molecular complexity index is 451. The van der Waals surface area contributed by atoms with Gasteiger partial charge in [0.15, 0.2) is 0 Å². The molecule has 0 saturated carbocycles. The predicted octanol–water partition coefficient (Wildman–Crippen LogP) is 4.06. The summed E-state index contributed by atoms with van der Waals surface area (Å²) in [7, 11) is 0. The molecule has 122 valence electrons. The van der Waals surface area contributed by atoms with Crippen LogP contribution in [0.15, 0.2) is 18.2 Å². The van der Waals surface area contributed by atoms with Gasteiger partial charge in [-0.15, -0.1) is 12.4 Å². The standard InChI is InChI=1S/C14H19F4NO.ClH/c1-8(2)3-6-12(20)13(19)10-5-4-9(15)7-11(10)14(16,17)18;/h4-5,7-8,12-13,20H,3,6,19H2,1-2H3;1H/t12-,13+;/m0./s1. The smallest absolute Gasteiger partial charge is 0.391 e. The summed E-state index contributed by atoms with van der Waals surface area (Å²) >= 11 is 0. The zero-order chi connectivity index (χ0) is 15.5. The van der Waals surface area contributed by atoms with Crippen LogP contribution >= 0.6 is 12.4 Å². The quantitative estimate of drug-likeness (QED) is 0.800. The number of aliphatic hydroxyl groups excluding tert-OH is 1. The molecular weight excluding hydrogens is 310 g/mol. The maximum atomic E-state index is 13.0. The highest BCUT2D eigenvalue weighted by molar-refractivity contribution is 5.85. The van der Waals surface area contributed by atoms with Crippen molar-refractivity contribution in [3.63, 3.8) is 0 Å². The van der Waals surface area contributed by atoms with E-state index in [0.717, 1.165) is 12.1 Å². The fourth-order valence-electron chi connectivity index (χ4n) is 1.96. The zero-order valence-electron chi connectivity index (χ0n) is 11.8. The summed E-state index contributed by atoms with van der Waals surface area (Å²) in [6, 6.07) is 1.12. The van der Waals surface area contributed by atoms with Crippen molar-refractivity contribution in [3.8, 4) is 0 Å². The number of hydrogen-bond donors (Lipinski definition) is 2. The van der Waals surface area contributed by atoms with Crippen molar-refractivity contribution in [3.05, 3.63) is 35.1 Å². The molecule has 3 N–H and O–H groups in total. The van der Waals surface area contributed by atoms with Crippen molar-refractivity contribution in [2.45, 2.75) is 45.0 Å². The molecule has 1 rings (SSSR count). The average Bonchev–Trinajstić information content (AvgIpc) is 2.33. The van der Waals surface area contributed by atoms with Crippen LogP contribution in [0.2, 0.25) is 0 Å². The van der Waals surface area contributed by atoms with Crippen LogP contribution in [0.5, 0.6) is 0 Å². The molecule has 0 aliphatic heterocycles. The summed E-state index contributed by atoms with van der Waals surface area (Å²) in [4.78, 5) is 0. The van der Waals surface area contributed by atoms with Crippen molar-refractivity contribution in [1.29, 1.82) is 0 Å². The largest absolute Gasteiger partial charge is 0.416 e. The molecule has 21 heavy (non-hydrogen) atoms. The molecular formula is C14H20ClF4NO. The topological polar surface area (TPSA) is 46.2 Å². The Morgan fingerprint density at radius 3 is 2.24 bits per heavy atom. The number of nitrogens with two attached hydrogens (primary N) is 1. The first kappa shape index (κ1) is 20.1. The normalized spacial score (nSPS) is 14.7. The van der Waals surface area contributed by atoms with E-state index in [9.17, 15) is 22.7 Å². The third kappa shape index (κ3) is 5.80. The van der Waals surface area contributed by atoms with Gasteiger partial charge in [-0.1, -0.05) is 19.9 Å². The van der Waals surface area contributed by atoms with Crippen molar-refractivity contribution in [1.82, 2.24) is 0 Å². The molecule has 0 aliphatic carbocycles. The lowest BCUT2D eigenvalue weighted by Crippen LogP contribution is -2.29. The minimum Gasteiger partial charge on any atom is -0.391 e. The predicted molar refractivity (Wildman–Crippen MR) is 75.7 cm³/mol. The number of benzene rings is 1. The van der Waals surface area contributed by atoms with Gasteiger partial charge in [0.1, 0.15) is 5.82 Å². The first-order valence-electron chi connectivity index (χ1n) is 6.43. The molecule has 1 aromatic rings. The van der Waals surface area contributed by atoms with E-state index in [1.54, 1.807) is 0 Å². The SMILES string of the molecule is CC(C)CC[C@H](O)[C@H](N)c1ccc(F)cc1C(F)(F)F.Cl. The zero-order valence-corrected chi connectivity index (χ0v) is 12.6. The summed E-state index contributed by atoms with van der Waals surface area (Å²) in [6.07, 6.45) is -4.85. The van der Waals surface area contributed by atoms with Crippen LogP contribution in [0.4, 0.5) is 17.6 Å². The summed E-state index contributed by atoms with van der Waals surface area (Å²) in [6.45, 7) is 3.88. The molecule has 0 spiro atoms. The second-order valence-corrected chi connectivity index (χ2v) is 5.29. The van der Waals surface area contributed by atoms with Gasteiger partial charge in [-0.2, -0.15) is 13.2 Å². The molecule has 0 radical (unpaired) electrons. The average molecular weight is 330 g/mol. The van der Waals surface area contributed by atoms with Crippen LogP contribution in [0.3, 0.4) is 0 Å². The van der Waals surface area contributed by atoms with E-state index in [1.165, 1.54) is 0 Å². The summed E-state index contributed by atoms with van der Waals surface area (Å²) in [5, 5.41) is 9.89. The minimum absolute atomic E-state index is 0. The number of hydrogen-bond acceptors (Lipinski definition) is 2. The van der Waals surface area contributed by atoms with Crippen molar-refractivity contribution < 1.29 is 22.7 Å². The van der Waals surface area contributed by atoms with Crippen LogP contribution in [-0.2, 0) is 6.18 Å². The van der Waals surface area contributed by atoms with E-state index in [2.05, 4.69) is 0 Å². The van der Waals surface area contributed by atoms with Crippen LogP contribution in [-0.4, -0.2) is 11.2 Å². The molecule has 7 heteroatoms. The first-order valence-corrected chi connectivity index (χ1v) is 6.43. The highest BCUT2D eigenvalue weighted by Crippen LogP contribution is 2.35. The van der Waals surface area contributed by atoms with Crippen LogP contribution in [0, 0.1) is 11.7 Å². The highest BCUT2D eigenvalue weighted by atomic mass is 35.5. The molecule has 0 fully saturated rings. The lowest BCUT2D eigenvalue weighted by molar-refractivity contribution is -0.138. The van der Waals surface area contributed by atoms with E-state index in [0.29, 0.717) is 24.8 Å². The number of rotatable bonds is 5. The molecule has 0 aromatic heterocycles. The molecule has 0 bridgehead atoms. The van der Waals surface area contributed by atoms with Gasteiger partial charge in [-0.05, 0) is 36.5 Å². The Morgan fingerprint density at radius 1 is 1.19 bits per heavy atom. The fraction of sp³-hybridized carbons (Fsp3) is 0.571. The summed E-state index contributed by atoms with van der Waals surface area (Å²) in [5.41, 5.74) is 4.29. The molecule has 0 saturated heterocycles. The van der Waals surface area contributed by atoms with E-state index in [1.807, 2.05) is 13.8 Å². The number of aliphatic hydroxyl groups is 1. The van der Waals surface area contributed by atoms with Crippen LogP contribution in [0.1, 0.15) is 43.9 Å². The third-order valence-electron chi connectivity index (χ3n) is 3.13. The highest BCUT2D eigenvalue weighted by Gasteiger charge is 2.36. The van der Waals surface area contributed by atoms with Gasteiger partial charge in [-0.25, -0.2) is 4.39 Å². The van der Waals surface area contributed by atoms with Gasteiger partial charge in [0, 0.05) is 0 Å². The molecule has 0 amide bonds. The summed E-state index contributed by atoms with van der Waals surface area (Å²) < 4.78 is 51.6. The van der Waals surface area contributed by atoms with Crippen molar-refractivity contribution >= 4 is 12.4 Å². The molecule has 2 atom stereocenters. The van der Waals surface area contributed by atoms with E-state index < -0.39 is 29.7 Å². The monoisotopic (exact) mass is 329 g/mol. The van der Waals surface area contributed by atoms with Gasteiger partial charge in [0.25, 0.3) is 0 Å². The van der Waals surface area contributed by atoms with Crippen molar-refractivity contribution in [2.75, 3.05) is 0 Å². The number of halogens is 5. The van der Waals surface area contributed by atoms with Crippen molar-refractivity contribution in [2.24, 2.45) is 11.7 Å². The second-order valence-electron chi connectivity index (χ2n) is 5.29. The van der Waals surface area contributed by atoms with Crippen LogP contribution in [0.25, 0.3) is 0 Å².